The maximum absolute atomic E-state index is 11.6. The van der Waals surface area contributed by atoms with Crippen LogP contribution in [0, 0.1) is 11.8 Å². The fourth-order valence-electron chi connectivity index (χ4n) is 1.73. The quantitative estimate of drug-likeness (QED) is 0.463. The Balaban J connectivity index is 2.16. The number of hydrogen-bond acceptors (Lipinski definition) is 1. The molecule has 2 rings (SSSR count). The highest BCUT2D eigenvalue weighted by Crippen LogP contribution is 2.03. The van der Waals surface area contributed by atoms with Crippen molar-refractivity contribution >= 4 is 11.9 Å². The second-order valence-corrected chi connectivity index (χ2v) is 4.52. The summed E-state index contributed by atoms with van der Waals surface area (Å²) in [5.41, 5.74) is 2.50. The van der Waals surface area contributed by atoms with E-state index in [1.807, 2.05) is 72.8 Å². The van der Waals surface area contributed by atoms with Gasteiger partial charge in [-0.2, -0.15) is 0 Å². The van der Waals surface area contributed by atoms with Crippen LogP contribution in [0.3, 0.4) is 0 Å². The largest absolute Gasteiger partial charge is 0.294 e. The smallest absolute Gasteiger partial charge is 0.168 e. The molecule has 0 saturated carbocycles. The fraction of sp³-hybridized carbons (Fsp3) is 0.0500. The Morgan fingerprint density at radius 2 is 1.57 bits per heavy atom. The minimum absolute atomic E-state index is 0.0313. The van der Waals surface area contributed by atoms with Crippen molar-refractivity contribution in [3.63, 3.8) is 0 Å². The predicted molar refractivity (Wildman–Crippen MR) is 87.6 cm³/mol. The van der Waals surface area contributed by atoms with Gasteiger partial charge in [0.15, 0.2) is 5.78 Å². The summed E-state index contributed by atoms with van der Waals surface area (Å²) in [5.74, 6) is 5.90. The lowest BCUT2D eigenvalue weighted by atomic mass is 10.1. The van der Waals surface area contributed by atoms with Crippen molar-refractivity contribution in [2.24, 2.45) is 0 Å². The maximum atomic E-state index is 11.6. The number of Topliss-reactive ketones (excluding diaryl/α,β-unsaturated/α-hetero) is 1. The maximum Gasteiger partial charge on any atom is 0.168 e. The Bertz CT molecular complexity index is 711. The normalized spacial score (nSPS) is 11.0. The number of carbonyl (C=O) groups excluding carboxylic acids is 1. The summed E-state index contributed by atoms with van der Waals surface area (Å²) in [7, 11) is 0. The molecule has 0 spiro atoms. The molecule has 1 heteroatoms. The average Bonchev–Trinajstić information content (AvgIpc) is 2.52. The van der Waals surface area contributed by atoms with Crippen LogP contribution in [0.1, 0.15) is 18.1 Å². The summed E-state index contributed by atoms with van der Waals surface area (Å²) in [6, 6.07) is 19.6. The molecule has 0 heterocycles. The summed E-state index contributed by atoms with van der Waals surface area (Å²) in [6.07, 6.45) is 5.56. The molecule has 21 heavy (non-hydrogen) atoms. The highest BCUT2D eigenvalue weighted by molar-refractivity contribution is 5.98. The van der Waals surface area contributed by atoms with E-state index < -0.39 is 0 Å². The molecule has 0 N–H and O–H groups in total. The van der Waals surface area contributed by atoms with Crippen LogP contribution in [0.25, 0.3) is 6.08 Å². The molecule has 0 unspecified atom stereocenters. The Morgan fingerprint density at radius 3 is 2.19 bits per heavy atom. The predicted octanol–water partition coefficient (Wildman–Crippen LogP) is 4.27. The van der Waals surface area contributed by atoms with Crippen molar-refractivity contribution in [2.75, 3.05) is 0 Å². The van der Waals surface area contributed by atoms with E-state index in [9.17, 15) is 4.79 Å². The van der Waals surface area contributed by atoms with E-state index in [1.165, 1.54) is 6.92 Å². The van der Waals surface area contributed by atoms with E-state index in [0.29, 0.717) is 5.57 Å². The molecule has 0 bridgehead atoms. The molecule has 102 valence electrons. The number of carbonyl (C=O) groups is 1. The highest BCUT2D eigenvalue weighted by Gasteiger charge is 1.97. The lowest BCUT2D eigenvalue weighted by molar-refractivity contribution is -0.113. The summed E-state index contributed by atoms with van der Waals surface area (Å²) >= 11 is 0. The van der Waals surface area contributed by atoms with Gasteiger partial charge in [0.2, 0.25) is 0 Å². The third-order valence-corrected chi connectivity index (χ3v) is 2.85. The van der Waals surface area contributed by atoms with E-state index in [4.69, 9.17) is 0 Å². The number of ketones is 1. The average molecular weight is 272 g/mol. The van der Waals surface area contributed by atoms with Gasteiger partial charge in [-0.15, -0.1) is 0 Å². The van der Waals surface area contributed by atoms with Crippen molar-refractivity contribution in [1.82, 2.24) is 0 Å². The Hall–Kier alpha value is -2.85. The van der Waals surface area contributed by atoms with Crippen molar-refractivity contribution in [1.29, 1.82) is 0 Å². The molecule has 0 atom stereocenters. The third-order valence-electron chi connectivity index (χ3n) is 2.85. The second kappa shape index (κ2) is 7.67. The van der Waals surface area contributed by atoms with Gasteiger partial charge in [-0.05, 0) is 30.7 Å². The van der Waals surface area contributed by atoms with Gasteiger partial charge in [-0.25, -0.2) is 0 Å². The van der Waals surface area contributed by atoms with Crippen molar-refractivity contribution in [2.45, 2.75) is 6.92 Å². The van der Waals surface area contributed by atoms with E-state index >= 15 is 0 Å². The molecular formula is C20H16O. The zero-order valence-electron chi connectivity index (χ0n) is 11.9. The van der Waals surface area contributed by atoms with Crippen LogP contribution in [-0.2, 0) is 4.79 Å². The van der Waals surface area contributed by atoms with Gasteiger partial charge < -0.3 is 0 Å². The van der Waals surface area contributed by atoms with Crippen molar-refractivity contribution < 1.29 is 4.79 Å². The van der Waals surface area contributed by atoms with Gasteiger partial charge in [0.1, 0.15) is 0 Å². The Kier molecular flexibility index (Phi) is 5.32. The van der Waals surface area contributed by atoms with Gasteiger partial charge in [-0.1, -0.05) is 72.5 Å². The number of hydrogen-bond donors (Lipinski definition) is 0. The van der Waals surface area contributed by atoms with Crippen molar-refractivity contribution in [3.8, 4) is 11.8 Å². The van der Waals surface area contributed by atoms with Crippen LogP contribution in [0.4, 0.5) is 0 Å². The molecule has 0 amide bonds. The summed E-state index contributed by atoms with van der Waals surface area (Å²) < 4.78 is 0. The highest BCUT2D eigenvalue weighted by atomic mass is 16.1. The first-order valence-corrected chi connectivity index (χ1v) is 6.77. The molecule has 1 nitrogen and oxygen atoms in total. The van der Waals surface area contributed by atoms with Gasteiger partial charge in [0.25, 0.3) is 0 Å². The number of benzene rings is 2. The molecule has 2 aromatic carbocycles. The molecule has 0 aliphatic rings. The minimum atomic E-state index is -0.0313. The van der Waals surface area contributed by atoms with Crippen LogP contribution in [-0.4, -0.2) is 5.78 Å². The topological polar surface area (TPSA) is 17.1 Å². The first-order valence-electron chi connectivity index (χ1n) is 6.77. The molecular weight excluding hydrogens is 256 g/mol. The van der Waals surface area contributed by atoms with Crippen LogP contribution < -0.4 is 0 Å². The second-order valence-electron chi connectivity index (χ2n) is 4.52. The molecule has 2 aromatic rings. The zero-order valence-corrected chi connectivity index (χ0v) is 11.9. The fourth-order valence-corrected chi connectivity index (χ4v) is 1.73. The molecule has 0 radical (unpaired) electrons. The van der Waals surface area contributed by atoms with Crippen LogP contribution in [0.2, 0.25) is 0 Å². The monoisotopic (exact) mass is 272 g/mol. The van der Waals surface area contributed by atoms with Gasteiger partial charge in [0, 0.05) is 5.56 Å². The Labute approximate surface area is 125 Å². The van der Waals surface area contributed by atoms with E-state index in [0.717, 1.165) is 11.1 Å². The standard InChI is InChI=1S/C20H16O/c1-17(21)20(16-15-19-11-6-3-7-12-19)14-8-13-18-9-4-2-5-10-18/h2-14H,1H3/b13-8+,20-14+. The Morgan fingerprint density at radius 1 is 0.952 bits per heavy atom. The molecule has 0 saturated heterocycles. The van der Waals surface area contributed by atoms with Crippen LogP contribution in [0.5, 0.6) is 0 Å². The number of allylic oxidation sites excluding steroid dienone is 3. The third kappa shape index (κ3) is 4.97. The molecule has 0 fully saturated rings. The summed E-state index contributed by atoms with van der Waals surface area (Å²) in [4.78, 5) is 11.6. The SMILES string of the molecule is CC(=O)/C(C#Cc1ccccc1)=C/C=C/c1ccccc1. The molecule has 0 aromatic heterocycles. The van der Waals surface area contributed by atoms with Crippen molar-refractivity contribution in [3.05, 3.63) is 89.5 Å². The van der Waals surface area contributed by atoms with Crippen LogP contribution >= 0.6 is 0 Å². The van der Waals surface area contributed by atoms with E-state index in [-0.39, 0.29) is 5.78 Å². The van der Waals surface area contributed by atoms with Crippen LogP contribution in [0.15, 0.2) is 78.4 Å². The lowest BCUT2D eigenvalue weighted by Gasteiger charge is -1.92. The first kappa shape index (κ1) is 14.6. The first-order chi connectivity index (χ1) is 10.3. The van der Waals surface area contributed by atoms with Gasteiger partial charge >= 0.3 is 0 Å². The summed E-state index contributed by atoms with van der Waals surface area (Å²) in [5, 5.41) is 0. The summed E-state index contributed by atoms with van der Waals surface area (Å²) in [6.45, 7) is 1.53. The molecule has 0 aliphatic heterocycles. The lowest BCUT2D eigenvalue weighted by Crippen LogP contribution is -1.92. The van der Waals surface area contributed by atoms with Gasteiger partial charge in [0.05, 0.1) is 5.57 Å². The van der Waals surface area contributed by atoms with E-state index in [1.54, 1.807) is 6.08 Å². The number of rotatable bonds is 3. The zero-order chi connectivity index (χ0) is 14.9. The van der Waals surface area contributed by atoms with Gasteiger partial charge in [-0.3, -0.25) is 4.79 Å². The van der Waals surface area contributed by atoms with E-state index in [2.05, 4.69) is 11.8 Å². The molecule has 0 aliphatic carbocycles. The minimum Gasteiger partial charge on any atom is -0.294 e.